The van der Waals surface area contributed by atoms with Crippen LogP contribution in [0.4, 0.5) is 0 Å². The molecule has 4 rings (SSSR count). The van der Waals surface area contributed by atoms with Gasteiger partial charge in [-0.05, 0) is 42.2 Å². The highest BCUT2D eigenvalue weighted by molar-refractivity contribution is 7.89. The maximum Gasteiger partial charge on any atom is 0.244 e. The third-order valence-corrected chi connectivity index (χ3v) is 7.91. The summed E-state index contributed by atoms with van der Waals surface area (Å²) in [6.45, 7) is 5.21. The van der Waals surface area contributed by atoms with Crippen molar-refractivity contribution in [1.82, 2.24) is 14.5 Å². The Morgan fingerprint density at radius 2 is 1.53 bits per heavy atom. The third-order valence-electron chi connectivity index (χ3n) is 6.42. The SMILES string of the molecule is COc1ccc(C)cc1S(=O)(=O)N[C@H](Cc1ccccc1)C(=O)N1CCN(Cc2ccccc2)CC1. The van der Waals surface area contributed by atoms with Crippen LogP contribution < -0.4 is 9.46 Å². The predicted molar refractivity (Wildman–Crippen MR) is 140 cm³/mol. The zero-order valence-corrected chi connectivity index (χ0v) is 21.6. The van der Waals surface area contributed by atoms with E-state index in [9.17, 15) is 13.2 Å². The minimum atomic E-state index is -4.01. The molecule has 190 valence electrons. The third kappa shape index (κ3) is 6.51. The highest BCUT2D eigenvalue weighted by Crippen LogP contribution is 2.25. The normalized spacial score (nSPS) is 15.4. The van der Waals surface area contributed by atoms with Crippen molar-refractivity contribution in [3.8, 4) is 5.75 Å². The summed E-state index contributed by atoms with van der Waals surface area (Å²) in [4.78, 5) is 17.8. The highest BCUT2D eigenvalue weighted by Gasteiger charge is 2.32. The molecular formula is C28H33N3O4S. The number of carbonyl (C=O) groups is 1. The molecule has 7 nitrogen and oxygen atoms in total. The monoisotopic (exact) mass is 507 g/mol. The standard InChI is InChI=1S/C28H33N3O4S/c1-22-13-14-26(35-2)27(19-22)36(33,34)29-25(20-23-9-5-3-6-10-23)28(32)31-17-15-30(16-18-31)21-24-11-7-4-8-12-24/h3-14,19,25,29H,15-18,20-21H2,1-2H3/t25-/m1/s1. The molecule has 1 saturated heterocycles. The topological polar surface area (TPSA) is 78.9 Å². The van der Waals surface area contributed by atoms with Gasteiger partial charge < -0.3 is 9.64 Å². The van der Waals surface area contributed by atoms with Gasteiger partial charge in [0.1, 0.15) is 16.7 Å². The van der Waals surface area contributed by atoms with Gasteiger partial charge in [0.05, 0.1) is 7.11 Å². The lowest BCUT2D eigenvalue weighted by Crippen LogP contribution is -2.55. The van der Waals surface area contributed by atoms with Gasteiger partial charge in [-0.3, -0.25) is 9.69 Å². The van der Waals surface area contributed by atoms with E-state index >= 15 is 0 Å². The molecule has 36 heavy (non-hydrogen) atoms. The maximum absolute atomic E-state index is 13.6. The average molecular weight is 508 g/mol. The molecule has 1 aliphatic rings. The zero-order chi connectivity index (χ0) is 25.5. The largest absolute Gasteiger partial charge is 0.495 e. The summed E-state index contributed by atoms with van der Waals surface area (Å²) < 4.78 is 34.9. The fourth-order valence-corrected chi connectivity index (χ4v) is 5.91. The van der Waals surface area contributed by atoms with Gasteiger partial charge in [-0.2, -0.15) is 4.72 Å². The highest BCUT2D eigenvalue weighted by atomic mass is 32.2. The molecule has 1 amide bonds. The van der Waals surface area contributed by atoms with Crippen LogP contribution in [-0.4, -0.2) is 63.5 Å². The number of ether oxygens (including phenoxy) is 1. The minimum Gasteiger partial charge on any atom is -0.495 e. The number of piperazine rings is 1. The van der Waals surface area contributed by atoms with E-state index in [2.05, 4.69) is 21.8 Å². The van der Waals surface area contributed by atoms with E-state index in [1.54, 1.807) is 23.1 Å². The second-order valence-corrected chi connectivity index (χ2v) is 10.8. The van der Waals surface area contributed by atoms with E-state index in [4.69, 9.17) is 4.74 Å². The molecule has 1 atom stereocenters. The first-order valence-corrected chi connectivity index (χ1v) is 13.6. The first-order valence-electron chi connectivity index (χ1n) is 12.1. The van der Waals surface area contributed by atoms with Gasteiger partial charge in [-0.25, -0.2) is 8.42 Å². The Bertz CT molecular complexity index is 1260. The van der Waals surface area contributed by atoms with Gasteiger partial charge in [0, 0.05) is 32.7 Å². The second-order valence-electron chi connectivity index (χ2n) is 9.10. The van der Waals surface area contributed by atoms with Crippen LogP contribution in [0.1, 0.15) is 16.7 Å². The Balaban J connectivity index is 1.51. The van der Waals surface area contributed by atoms with Crippen molar-refractivity contribution in [2.24, 2.45) is 0 Å². The molecule has 0 unspecified atom stereocenters. The quantitative estimate of drug-likeness (QED) is 0.481. The number of hydrogen-bond donors (Lipinski definition) is 1. The summed E-state index contributed by atoms with van der Waals surface area (Å²) in [7, 11) is -2.58. The van der Waals surface area contributed by atoms with Crippen LogP contribution in [0, 0.1) is 6.92 Å². The van der Waals surface area contributed by atoms with E-state index < -0.39 is 16.1 Å². The molecule has 1 N–H and O–H groups in total. The summed E-state index contributed by atoms with van der Waals surface area (Å²) in [6.07, 6.45) is 0.261. The number of methoxy groups -OCH3 is 1. The fourth-order valence-electron chi connectivity index (χ4n) is 4.46. The van der Waals surface area contributed by atoms with Crippen molar-refractivity contribution < 1.29 is 17.9 Å². The first-order chi connectivity index (χ1) is 17.4. The summed E-state index contributed by atoms with van der Waals surface area (Å²) >= 11 is 0. The van der Waals surface area contributed by atoms with Crippen molar-refractivity contribution in [2.75, 3.05) is 33.3 Å². The van der Waals surface area contributed by atoms with Gasteiger partial charge in [0.15, 0.2) is 0 Å². The Hall–Kier alpha value is -3.20. The van der Waals surface area contributed by atoms with Gasteiger partial charge in [-0.15, -0.1) is 0 Å². The number of nitrogens with zero attached hydrogens (tertiary/aromatic N) is 2. The van der Waals surface area contributed by atoms with Crippen LogP contribution in [0.3, 0.4) is 0 Å². The number of rotatable bonds is 9. The van der Waals surface area contributed by atoms with Crippen LogP contribution in [0.5, 0.6) is 5.75 Å². The Kier molecular flexibility index (Phi) is 8.40. The van der Waals surface area contributed by atoms with Gasteiger partial charge in [0.2, 0.25) is 15.9 Å². The van der Waals surface area contributed by atoms with Crippen LogP contribution in [0.2, 0.25) is 0 Å². The molecule has 3 aromatic carbocycles. The van der Waals surface area contributed by atoms with Crippen molar-refractivity contribution in [3.05, 3.63) is 95.6 Å². The van der Waals surface area contributed by atoms with Crippen LogP contribution in [0.15, 0.2) is 83.8 Å². The predicted octanol–water partition coefficient (Wildman–Crippen LogP) is 3.24. The number of nitrogens with one attached hydrogen (secondary N) is 1. The number of aryl methyl sites for hydroxylation is 1. The summed E-state index contributed by atoms with van der Waals surface area (Å²) in [5.74, 6) is 0.0296. The Morgan fingerprint density at radius 3 is 2.14 bits per heavy atom. The van der Waals surface area contributed by atoms with E-state index in [0.717, 1.165) is 30.8 Å². The van der Waals surface area contributed by atoms with Crippen LogP contribution in [-0.2, 0) is 27.8 Å². The molecule has 0 aromatic heterocycles. The zero-order valence-electron chi connectivity index (χ0n) is 20.8. The summed E-state index contributed by atoms with van der Waals surface area (Å²) in [5, 5.41) is 0. The average Bonchev–Trinajstić information content (AvgIpc) is 2.89. The molecule has 0 aliphatic carbocycles. The summed E-state index contributed by atoms with van der Waals surface area (Å²) in [5.41, 5.74) is 2.91. The lowest BCUT2D eigenvalue weighted by atomic mass is 10.1. The molecule has 3 aromatic rings. The lowest BCUT2D eigenvalue weighted by Gasteiger charge is -2.36. The maximum atomic E-state index is 13.6. The number of hydrogen-bond acceptors (Lipinski definition) is 5. The molecule has 1 fully saturated rings. The molecule has 0 bridgehead atoms. The van der Waals surface area contributed by atoms with Crippen molar-refractivity contribution >= 4 is 15.9 Å². The number of carbonyl (C=O) groups excluding carboxylic acids is 1. The van der Waals surface area contributed by atoms with Gasteiger partial charge in [0.25, 0.3) is 0 Å². The molecule has 1 aliphatic heterocycles. The Labute approximate surface area is 213 Å². The molecular weight excluding hydrogens is 474 g/mol. The number of sulfonamides is 1. The van der Waals surface area contributed by atoms with Crippen molar-refractivity contribution in [3.63, 3.8) is 0 Å². The molecule has 0 spiro atoms. The molecule has 0 radical (unpaired) electrons. The number of benzene rings is 3. The van der Waals surface area contributed by atoms with Gasteiger partial charge >= 0.3 is 0 Å². The molecule has 1 heterocycles. The van der Waals surface area contributed by atoms with E-state index in [1.165, 1.54) is 12.7 Å². The Morgan fingerprint density at radius 1 is 0.917 bits per heavy atom. The first kappa shape index (κ1) is 25.9. The van der Waals surface area contributed by atoms with E-state index in [0.29, 0.717) is 13.1 Å². The number of amides is 1. The van der Waals surface area contributed by atoms with Crippen molar-refractivity contribution in [2.45, 2.75) is 30.8 Å². The summed E-state index contributed by atoms with van der Waals surface area (Å²) in [6, 6.07) is 23.8. The lowest BCUT2D eigenvalue weighted by molar-refractivity contribution is -0.134. The minimum absolute atomic E-state index is 0.0311. The van der Waals surface area contributed by atoms with Crippen LogP contribution in [0.25, 0.3) is 0 Å². The molecule has 0 saturated carbocycles. The van der Waals surface area contributed by atoms with E-state index in [1.807, 2.05) is 55.5 Å². The fraction of sp³-hybridized carbons (Fsp3) is 0.321. The van der Waals surface area contributed by atoms with Gasteiger partial charge in [-0.1, -0.05) is 66.7 Å². The van der Waals surface area contributed by atoms with Crippen LogP contribution >= 0.6 is 0 Å². The van der Waals surface area contributed by atoms with E-state index in [-0.39, 0.29) is 23.0 Å². The van der Waals surface area contributed by atoms with Crippen molar-refractivity contribution in [1.29, 1.82) is 0 Å². The smallest absolute Gasteiger partial charge is 0.244 e. The molecule has 8 heteroatoms. The second kappa shape index (κ2) is 11.7.